The fourth-order valence-electron chi connectivity index (χ4n) is 2.55. The van der Waals surface area contributed by atoms with E-state index < -0.39 is 10.0 Å². The lowest BCUT2D eigenvalue weighted by Crippen LogP contribution is -2.40. The molecule has 1 aliphatic heterocycles. The van der Waals surface area contributed by atoms with Gasteiger partial charge >= 0.3 is 0 Å². The van der Waals surface area contributed by atoms with Crippen LogP contribution in [0.25, 0.3) is 0 Å². The van der Waals surface area contributed by atoms with Gasteiger partial charge in [-0.15, -0.1) is 11.8 Å². The van der Waals surface area contributed by atoms with Gasteiger partial charge in [-0.3, -0.25) is 4.79 Å². The smallest absolute Gasteiger partial charge is 0.262 e. The number of sulfonamides is 1. The quantitative estimate of drug-likeness (QED) is 0.739. The monoisotopic (exact) mass is 396 g/mol. The van der Waals surface area contributed by atoms with Crippen LogP contribution in [-0.4, -0.2) is 60.7 Å². The Morgan fingerprint density at radius 3 is 2.85 bits per heavy atom. The zero-order valence-electron chi connectivity index (χ0n) is 14.3. The van der Waals surface area contributed by atoms with E-state index in [4.69, 9.17) is 4.74 Å². The summed E-state index contributed by atoms with van der Waals surface area (Å²) >= 11 is 1.59. The van der Waals surface area contributed by atoms with E-state index >= 15 is 0 Å². The summed E-state index contributed by atoms with van der Waals surface area (Å²) in [5.74, 6) is -0.254. The molecular formula is C16H20N4O4S2. The molecule has 0 spiro atoms. The molecule has 0 bridgehead atoms. The lowest BCUT2D eigenvalue weighted by molar-refractivity contribution is -0.116. The average Bonchev–Trinajstić information content (AvgIpc) is 3.11. The minimum atomic E-state index is -3.66. The average molecular weight is 396 g/mol. The highest BCUT2D eigenvalue weighted by molar-refractivity contribution is 7.98. The predicted octanol–water partition coefficient (Wildman–Crippen LogP) is 1.26. The van der Waals surface area contributed by atoms with Crippen LogP contribution in [-0.2, 0) is 26.1 Å². The van der Waals surface area contributed by atoms with Crippen molar-refractivity contribution in [3.63, 3.8) is 0 Å². The summed E-state index contributed by atoms with van der Waals surface area (Å²) in [4.78, 5) is 17.2. The van der Waals surface area contributed by atoms with Crippen molar-refractivity contribution in [1.82, 2.24) is 13.9 Å². The molecule has 3 rings (SSSR count). The highest BCUT2D eigenvalue weighted by Crippen LogP contribution is 2.19. The normalized spacial score (nSPS) is 15.7. The Kier molecular flexibility index (Phi) is 5.97. The number of anilines is 1. The van der Waals surface area contributed by atoms with Crippen LogP contribution in [0.2, 0.25) is 0 Å². The lowest BCUT2D eigenvalue weighted by atomic mass is 10.3. The van der Waals surface area contributed by atoms with Crippen LogP contribution in [0.15, 0.2) is 46.7 Å². The van der Waals surface area contributed by atoms with Gasteiger partial charge in [-0.2, -0.15) is 4.31 Å². The van der Waals surface area contributed by atoms with Crippen LogP contribution in [0.5, 0.6) is 0 Å². The van der Waals surface area contributed by atoms with E-state index in [1.54, 1.807) is 17.8 Å². The van der Waals surface area contributed by atoms with Gasteiger partial charge in [0.2, 0.25) is 5.91 Å². The Bertz CT molecular complexity index is 876. The predicted molar refractivity (Wildman–Crippen MR) is 98.7 cm³/mol. The van der Waals surface area contributed by atoms with Gasteiger partial charge in [0, 0.05) is 29.9 Å². The number of carbonyl (C=O) groups excluding carboxylic acids is 1. The Labute approximate surface area is 156 Å². The molecule has 0 unspecified atom stereocenters. The molecule has 2 heterocycles. The largest absolute Gasteiger partial charge is 0.379 e. The molecule has 0 atom stereocenters. The van der Waals surface area contributed by atoms with Crippen molar-refractivity contribution in [2.45, 2.75) is 16.5 Å². The molecule has 8 nitrogen and oxygen atoms in total. The maximum atomic E-state index is 12.5. The van der Waals surface area contributed by atoms with Gasteiger partial charge < -0.3 is 14.6 Å². The van der Waals surface area contributed by atoms with Crippen molar-refractivity contribution in [2.24, 2.45) is 0 Å². The Morgan fingerprint density at radius 2 is 2.12 bits per heavy atom. The number of hydrogen-bond donors (Lipinski definition) is 1. The third-order valence-electron chi connectivity index (χ3n) is 3.86. The number of thioether (sulfide) groups is 1. The van der Waals surface area contributed by atoms with Crippen LogP contribution in [0.1, 0.15) is 0 Å². The second-order valence-electron chi connectivity index (χ2n) is 5.68. The second-order valence-corrected chi connectivity index (χ2v) is 8.45. The van der Waals surface area contributed by atoms with Gasteiger partial charge in [-0.05, 0) is 24.5 Å². The number of carbonyl (C=O) groups is 1. The van der Waals surface area contributed by atoms with Gasteiger partial charge in [-0.1, -0.05) is 6.07 Å². The summed E-state index contributed by atoms with van der Waals surface area (Å²) in [6.45, 7) is 1.34. The third-order valence-corrected chi connectivity index (χ3v) is 6.37. The minimum Gasteiger partial charge on any atom is -0.379 e. The van der Waals surface area contributed by atoms with E-state index in [2.05, 4.69) is 10.3 Å². The van der Waals surface area contributed by atoms with Crippen LogP contribution in [0.3, 0.4) is 0 Å². The molecule has 1 aromatic carbocycles. The number of rotatable bonds is 6. The van der Waals surface area contributed by atoms with Gasteiger partial charge in [0.25, 0.3) is 10.0 Å². The molecule has 10 heteroatoms. The first-order valence-electron chi connectivity index (χ1n) is 8.02. The summed E-state index contributed by atoms with van der Waals surface area (Å²) in [6, 6.07) is 7.51. The van der Waals surface area contributed by atoms with Crippen molar-refractivity contribution in [3.05, 3.63) is 36.8 Å². The number of morpholine rings is 1. The molecule has 26 heavy (non-hydrogen) atoms. The number of ether oxygens (including phenoxy) is 1. The molecule has 0 aliphatic carbocycles. The summed E-state index contributed by atoms with van der Waals surface area (Å²) in [5, 5.41) is 2.74. The van der Waals surface area contributed by atoms with Gasteiger partial charge in [0.15, 0.2) is 5.03 Å². The number of nitrogens with one attached hydrogen (secondary N) is 1. The molecule has 2 aromatic rings. The number of amides is 1. The molecule has 140 valence electrons. The molecule has 1 fully saturated rings. The van der Waals surface area contributed by atoms with Gasteiger partial charge in [0.05, 0.1) is 19.5 Å². The Balaban J connectivity index is 1.65. The highest BCUT2D eigenvalue weighted by atomic mass is 32.2. The molecule has 1 N–H and O–H groups in total. The summed E-state index contributed by atoms with van der Waals surface area (Å²) in [6.07, 6.45) is 4.69. The van der Waals surface area contributed by atoms with Crippen LogP contribution in [0.4, 0.5) is 5.69 Å². The van der Waals surface area contributed by atoms with Crippen LogP contribution >= 0.6 is 11.8 Å². The fourth-order valence-corrected chi connectivity index (χ4v) is 4.35. The van der Waals surface area contributed by atoms with E-state index in [-0.39, 0.29) is 17.5 Å². The van der Waals surface area contributed by atoms with E-state index in [1.807, 2.05) is 24.5 Å². The number of aromatic nitrogens is 2. The number of hydrogen-bond acceptors (Lipinski definition) is 6. The van der Waals surface area contributed by atoms with Gasteiger partial charge in [-0.25, -0.2) is 13.4 Å². The summed E-state index contributed by atoms with van der Waals surface area (Å²) < 4.78 is 33.1. The molecule has 1 aliphatic rings. The van der Waals surface area contributed by atoms with Crippen molar-refractivity contribution in [1.29, 1.82) is 0 Å². The molecule has 1 aromatic heterocycles. The van der Waals surface area contributed by atoms with Crippen LogP contribution in [0, 0.1) is 0 Å². The number of benzene rings is 1. The first-order valence-corrected chi connectivity index (χ1v) is 10.7. The molecule has 0 radical (unpaired) electrons. The highest BCUT2D eigenvalue weighted by Gasteiger charge is 2.28. The first kappa shape index (κ1) is 18.9. The Hall–Kier alpha value is -1.88. The van der Waals surface area contributed by atoms with E-state index in [1.165, 1.54) is 21.4 Å². The molecule has 1 amide bonds. The second kappa shape index (κ2) is 8.21. The maximum Gasteiger partial charge on any atom is 0.262 e. The maximum absolute atomic E-state index is 12.5. The third kappa shape index (κ3) is 4.44. The van der Waals surface area contributed by atoms with E-state index in [0.717, 1.165) is 4.90 Å². The van der Waals surface area contributed by atoms with Crippen LogP contribution < -0.4 is 5.32 Å². The first-order chi connectivity index (χ1) is 12.5. The van der Waals surface area contributed by atoms with Crippen molar-refractivity contribution in [2.75, 3.05) is 37.9 Å². The molecular weight excluding hydrogens is 376 g/mol. The summed E-state index contributed by atoms with van der Waals surface area (Å²) in [7, 11) is -3.66. The van der Waals surface area contributed by atoms with Gasteiger partial charge in [0.1, 0.15) is 6.54 Å². The van der Waals surface area contributed by atoms with Crippen molar-refractivity contribution in [3.8, 4) is 0 Å². The zero-order chi connectivity index (χ0) is 18.6. The Morgan fingerprint density at radius 1 is 1.35 bits per heavy atom. The van der Waals surface area contributed by atoms with E-state index in [0.29, 0.717) is 32.0 Å². The lowest BCUT2D eigenvalue weighted by Gasteiger charge is -2.24. The number of imidazole rings is 1. The van der Waals surface area contributed by atoms with E-state index in [9.17, 15) is 13.2 Å². The van der Waals surface area contributed by atoms with Crippen molar-refractivity contribution >= 4 is 33.4 Å². The fraction of sp³-hybridized carbons (Fsp3) is 0.375. The SMILES string of the molecule is CSc1cccc(NC(=O)Cn2cnc(S(=O)(=O)N3CCOCC3)c2)c1. The zero-order valence-corrected chi connectivity index (χ0v) is 15.9. The number of nitrogens with zero attached hydrogens (tertiary/aromatic N) is 3. The van der Waals surface area contributed by atoms with Crippen molar-refractivity contribution < 1.29 is 17.9 Å². The standard InChI is InChI=1S/C16H20N4O4S2/c1-25-14-4-2-3-13(9-14)18-15(21)10-19-11-16(17-12-19)26(22,23)20-5-7-24-8-6-20/h2-4,9,11-12H,5-8,10H2,1H3,(H,18,21). The minimum absolute atomic E-state index is 0.0187. The molecule has 0 saturated carbocycles. The molecule has 1 saturated heterocycles. The topological polar surface area (TPSA) is 93.5 Å². The summed E-state index contributed by atoms with van der Waals surface area (Å²) in [5.41, 5.74) is 0.697.